The number of hydrogen-bond donors (Lipinski definition) is 1. The van der Waals surface area contributed by atoms with Gasteiger partial charge in [-0.2, -0.15) is 0 Å². The Labute approximate surface area is 133 Å². The van der Waals surface area contributed by atoms with Crippen LogP contribution in [0.2, 0.25) is 0 Å². The molecule has 1 unspecified atom stereocenters. The van der Waals surface area contributed by atoms with Gasteiger partial charge in [-0.3, -0.25) is 0 Å². The van der Waals surface area contributed by atoms with Gasteiger partial charge in [-0.1, -0.05) is 0 Å². The second kappa shape index (κ2) is 8.81. The fourth-order valence-corrected chi connectivity index (χ4v) is 1.91. The van der Waals surface area contributed by atoms with E-state index in [0.717, 1.165) is 0 Å². The van der Waals surface area contributed by atoms with E-state index in [-0.39, 0.29) is 59.1 Å². The van der Waals surface area contributed by atoms with Crippen LogP contribution < -0.4 is 59.1 Å². The number of hydrogen-bond acceptors (Lipinski definition) is 7. The van der Waals surface area contributed by atoms with E-state index in [9.17, 15) is 25.9 Å². The normalized spacial score (nSPS) is 13.5. The molecule has 11 heteroatoms. The summed E-state index contributed by atoms with van der Waals surface area (Å²) in [7, 11) is -9.29. The van der Waals surface area contributed by atoms with Crippen molar-refractivity contribution in [2.75, 3.05) is 12.4 Å². The predicted molar refractivity (Wildman–Crippen MR) is 39.8 cm³/mol. The van der Waals surface area contributed by atoms with E-state index in [1.165, 1.54) is 0 Å². The van der Waals surface area contributed by atoms with Gasteiger partial charge in [0.1, 0.15) is 0 Å². The molecule has 0 aliphatic carbocycles. The van der Waals surface area contributed by atoms with Gasteiger partial charge >= 0.3 is 59.1 Å². The van der Waals surface area contributed by atoms with Crippen LogP contribution in [0, 0.1) is 0 Å². The molecule has 0 aromatic heterocycles. The van der Waals surface area contributed by atoms with Gasteiger partial charge in [0.2, 0.25) is 0 Å². The molecule has 0 bridgehead atoms. The minimum absolute atomic E-state index is 0. The largest absolute Gasteiger partial charge is 1.00 e. The minimum Gasteiger partial charge on any atom is -0.748 e. The van der Waals surface area contributed by atoms with Crippen LogP contribution in [0.25, 0.3) is 0 Å². The summed E-state index contributed by atoms with van der Waals surface area (Å²) in [4.78, 5) is 0. The molecular weight excluding hydrogens is 270 g/mol. The summed E-state index contributed by atoms with van der Waals surface area (Å²) in [5, 5.41) is 6.66. The fourth-order valence-electron chi connectivity index (χ4n) is 0.603. The van der Waals surface area contributed by atoms with E-state index in [1.807, 2.05) is 0 Å². The summed E-state index contributed by atoms with van der Waals surface area (Å²) in [5.41, 5.74) is 0. The molecule has 0 aromatic rings. The van der Waals surface area contributed by atoms with Crippen molar-refractivity contribution in [2.24, 2.45) is 0 Å². The molecule has 0 fully saturated rings. The monoisotopic (exact) mass is 278 g/mol. The molecule has 0 rings (SSSR count). The molecule has 0 aliphatic rings. The van der Waals surface area contributed by atoms with Crippen LogP contribution in [0.3, 0.4) is 0 Å². The van der Waals surface area contributed by atoms with Crippen molar-refractivity contribution in [1.82, 2.24) is 0 Å². The average molecular weight is 278 g/mol. The maximum Gasteiger partial charge on any atom is 1.00 e. The molecule has 0 saturated heterocycles. The third kappa shape index (κ3) is 12.0. The van der Waals surface area contributed by atoms with Gasteiger partial charge in [-0.05, 0) is 6.42 Å². The summed E-state index contributed by atoms with van der Waals surface area (Å²) in [5.74, 6) is -0.973. The number of aliphatic hydroxyl groups is 1. The first kappa shape index (κ1) is 22.0. The molecule has 0 saturated carbocycles. The van der Waals surface area contributed by atoms with Crippen molar-refractivity contribution in [3.63, 3.8) is 0 Å². The first-order valence-electron chi connectivity index (χ1n) is 3.16. The van der Waals surface area contributed by atoms with Crippen LogP contribution >= 0.6 is 0 Å². The first-order valence-corrected chi connectivity index (χ1v) is 6.21. The van der Waals surface area contributed by atoms with Crippen molar-refractivity contribution in [2.45, 2.75) is 11.7 Å². The van der Waals surface area contributed by atoms with E-state index in [4.69, 9.17) is 5.11 Å². The Bertz CT molecular complexity index is 347. The maximum atomic E-state index is 10.3. The molecule has 0 aromatic carbocycles. The van der Waals surface area contributed by atoms with E-state index >= 15 is 0 Å². The maximum absolute atomic E-state index is 10.3. The minimum atomic E-state index is -4.74. The molecule has 1 atom stereocenters. The van der Waals surface area contributed by atoms with Gasteiger partial charge in [0.25, 0.3) is 0 Å². The smallest absolute Gasteiger partial charge is 0.748 e. The Balaban J connectivity index is -0.000000720. The van der Waals surface area contributed by atoms with Crippen LogP contribution in [-0.2, 0) is 20.2 Å². The zero-order chi connectivity index (χ0) is 10.7. The van der Waals surface area contributed by atoms with Crippen LogP contribution in [0.5, 0.6) is 0 Å². The van der Waals surface area contributed by atoms with Crippen molar-refractivity contribution in [3.8, 4) is 0 Å². The van der Waals surface area contributed by atoms with Gasteiger partial charge in [0.15, 0.2) is 0 Å². The summed E-state index contributed by atoms with van der Waals surface area (Å²) in [6.07, 6.45) is -0.672. The van der Waals surface area contributed by atoms with E-state index in [2.05, 4.69) is 0 Å². The summed E-state index contributed by atoms with van der Waals surface area (Å²) >= 11 is 0. The summed E-state index contributed by atoms with van der Waals surface area (Å²) in [6.45, 7) is -0.985. The predicted octanol–water partition coefficient (Wildman–Crippen LogP) is -8.16. The summed E-state index contributed by atoms with van der Waals surface area (Å²) in [6, 6.07) is 0. The molecule has 0 amide bonds. The molecule has 7 nitrogen and oxygen atoms in total. The van der Waals surface area contributed by atoms with Gasteiger partial charge in [0, 0.05) is 5.75 Å². The standard InChI is InChI=1S/C4H10O7S2.2Na/c5-3-4(13(9,10)11)1-2-12(6,7)8;;/h4-5H,1-3H2,(H,6,7,8)(H,9,10,11);;/q;2*+1/p-2. The fraction of sp³-hybridized carbons (Fsp3) is 1.00. The molecule has 1 N–H and O–H groups in total. The Morgan fingerprint density at radius 2 is 1.47 bits per heavy atom. The van der Waals surface area contributed by atoms with Crippen LogP contribution in [0.4, 0.5) is 0 Å². The van der Waals surface area contributed by atoms with Gasteiger partial charge < -0.3 is 14.2 Å². The zero-order valence-corrected chi connectivity index (χ0v) is 14.0. The SMILES string of the molecule is O=S(=O)([O-])CCC(CO)S(=O)(=O)[O-].[Na+].[Na+]. The van der Waals surface area contributed by atoms with E-state index in [0.29, 0.717) is 0 Å². The molecule has 0 aliphatic heterocycles. The Morgan fingerprint density at radius 1 is 1.07 bits per heavy atom. The van der Waals surface area contributed by atoms with Gasteiger partial charge in [-0.15, -0.1) is 0 Å². The number of aliphatic hydroxyl groups excluding tert-OH is 1. The van der Waals surface area contributed by atoms with Crippen molar-refractivity contribution in [3.05, 3.63) is 0 Å². The van der Waals surface area contributed by atoms with Crippen LogP contribution in [-0.4, -0.2) is 48.7 Å². The first-order chi connectivity index (χ1) is 5.67. The second-order valence-electron chi connectivity index (χ2n) is 2.35. The van der Waals surface area contributed by atoms with Crippen molar-refractivity contribution in [1.29, 1.82) is 0 Å². The zero-order valence-electron chi connectivity index (χ0n) is 8.41. The third-order valence-electron chi connectivity index (χ3n) is 1.30. The second-order valence-corrected chi connectivity index (χ2v) is 5.52. The molecular formula is C4H8Na2O7S2. The van der Waals surface area contributed by atoms with Crippen molar-refractivity contribution < 1.29 is 90.2 Å². The number of rotatable bonds is 5. The van der Waals surface area contributed by atoms with E-state index in [1.54, 1.807) is 0 Å². The van der Waals surface area contributed by atoms with Gasteiger partial charge in [-0.25, -0.2) is 16.8 Å². The molecule has 15 heavy (non-hydrogen) atoms. The Hall–Kier alpha value is 1.78. The molecule has 0 spiro atoms. The van der Waals surface area contributed by atoms with Crippen LogP contribution in [0.1, 0.15) is 6.42 Å². The summed E-state index contributed by atoms with van der Waals surface area (Å²) < 4.78 is 60.9. The Morgan fingerprint density at radius 3 is 1.67 bits per heavy atom. The Kier molecular flexibility index (Phi) is 12.9. The van der Waals surface area contributed by atoms with E-state index < -0.39 is 44.3 Å². The molecule has 0 heterocycles. The average Bonchev–Trinajstić information content (AvgIpc) is 1.82. The quantitative estimate of drug-likeness (QED) is 0.389. The third-order valence-corrected chi connectivity index (χ3v) is 3.24. The molecule has 0 radical (unpaired) electrons. The van der Waals surface area contributed by atoms with Crippen molar-refractivity contribution >= 4 is 20.2 Å². The topological polar surface area (TPSA) is 135 Å². The van der Waals surface area contributed by atoms with Crippen LogP contribution in [0.15, 0.2) is 0 Å². The molecule has 80 valence electrons. The van der Waals surface area contributed by atoms with Gasteiger partial charge in [0.05, 0.1) is 32.1 Å².